The van der Waals surface area contributed by atoms with Crippen LogP contribution in [0.5, 0.6) is 0 Å². The molecule has 1 unspecified atom stereocenters. The fraction of sp³-hybridized carbons (Fsp3) is 0.412. The molecule has 0 aliphatic carbocycles. The molecule has 2 nitrogen and oxygen atoms in total. The van der Waals surface area contributed by atoms with Gasteiger partial charge in [0.15, 0.2) is 11.6 Å². The first-order valence-electron chi connectivity index (χ1n) is 7.18. The van der Waals surface area contributed by atoms with Crippen molar-refractivity contribution in [1.82, 2.24) is 5.32 Å². The zero-order valence-corrected chi connectivity index (χ0v) is 12.9. The minimum Gasteiger partial charge on any atom is -0.466 e. The highest BCUT2D eigenvalue weighted by Crippen LogP contribution is 2.30. The van der Waals surface area contributed by atoms with Crippen molar-refractivity contribution in [1.29, 1.82) is 0 Å². The quantitative estimate of drug-likeness (QED) is 0.885. The van der Waals surface area contributed by atoms with Gasteiger partial charge in [-0.25, -0.2) is 8.78 Å². The molecule has 2 rings (SSSR count). The minimum atomic E-state index is -0.806. The number of nitrogens with one attached hydrogen (secondary N) is 1. The lowest BCUT2D eigenvalue weighted by molar-refractivity contribution is 0.469. The molecule has 0 amide bonds. The molecular weight excluding hydrogens is 272 g/mol. The molecule has 0 radical (unpaired) electrons. The molecule has 4 heteroatoms. The second kappa shape index (κ2) is 6.39. The Morgan fingerprint density at radius 2 is 1.86 bits per heavy atom. The van der Waals surface area contributed by atoms with Crippen LogP contribution in [0, 0.1) is 32.4 Å². The highest BCUT2D eigenvalue weighted by atomic mass is 19.2. The van der Waals surface area contributed by atoms with Crippen molar-refractivity contribution in [2.24, 2.45) is 0 Å². The largest absolute Gasteiger partial charge is 0.466 e. The predicted molar refractivity (Wildman–Crippen MR) is 79.4 cm³/mol. The Kier molecular flexibility index (Phi) is 4.78. The Bertz CT molecular complexity index is 634. The van der Waals surface area contributed by atoms with Crippen molar-refractivity contribution >= 4 is 0 Å². The van der Waals surface area contributed by atoms with Gasteiger partial charge in [-0.2, -0.15) is 0 Å². The molecule has 0 aliphatic rings. The van der Waals surface area contributed by atoms with Crippen molar-refractivity contribution in [2.45, 2.75) is 40.2 Å². The molecule has 0 saturated carbocycles. The molecule has 0 aliphatic heterocycles. The fourth-order valence-electron chi connectivity index (χ4n) is 2.77. The van der Waals surface area contributed by atoms with Crippen molar-refractivity contribution in [3.63, 3.8) is 0 Å². The van der Waals surface area contributed by atoms with Gasteiger partial charge in [0, 0.05) is 11.6 Å². The lowest BCUT2D eigenvalue weighted by Gasteiger charge is -2.19. The van der Waals surface area contributed by atoms with Gasteiger partial charge in [0.25, 0.3) is 0 Å². The van der Waals surface area contributed by atoms with Crippen molar-refractivity contribution < 1.29 is 13.2 Å². The summed E-state index contributed by atoms with van der Waals surface area (Å²) >= 11 is 0. The number of likely N-dealkylation sites (N-methyl/N-ethyl adjacent to an activating group) is 1. The van der Waals surface area contributed by atoms with Gasteiger partial charge in [-0.1, -0.05) is 19.1 Å². The third-order valence-corrected chi connectivity index (χ3v) is 3.87. The molecule has 2 aromatic rings. The first-order valence-corrected chi connectivity index (χ1v) is 7.18. The molecule has 1 heterocycles. The van der Waals surface area contributed by atoms with Gasteiger partial charge < -0.3 is 9.73 Å². The summed E-state index contributed by atoms with van der Waals surface area (Å²) in [5.74, 6) is 0.119. The molecule has 114 valence electrons. The van der Waals surface area contributed by atoms with Crippen LogP contribution >= 0.6 is 0 Å². The molecule has 1 aromatic carbocycles. The van der Waals surface area contributed by atoms with Crippen LogP contribution in [0.4, 0.5) is 8.78 Å². The average molecular weight is 293 g/mol. The average Bonchev–Trinajstić information content (AvgIpc) is 2.68. The smallest absolute Gasteiger partial charge is 0.162 e. The van der Waals surface area contributed by atoms with Gasteiger partial charge in [0.05, 0.1) is 0 Å². The molecule has 0 bridgehead atoms. The summed E-state index contributed by atoms with van der Waals surface area (Å²) in [6.07, 6.45) is 0.387. The van der Waals surface area contributed by atoms with E-state index >= 15 is 0 Å². The third-order valence-electron chi connectivity index (χ3n) is 3.87. The number of furan rings is 1. The van der Waals surface area contributed by atoms with Gasteiger partial charge in [0.1, 0.15) is 11.5 Å². The second-order valence-electron chi connectivity index (χ2n) is 5.28. The highest BCUT2D eigenvalue weighted by Gasteiger charge is 2.22. The van der Waals surface area contributed by atoms with E-state index in [4.69, 9.17) is 4.42 Å². The minimum absolute atomic E-state index is 0.0938. The number of hydrogen-bond donors (Lipinski definition) is 1. The van der Waals surface area contributed by atoms with Crippen molar-refractivity contribution in [3.8, 4) is 0 Å². The summed E-state index contributed by atoms with van der Waals surface area (Å²) < 4.78 is 32.9. The van der Waals surface area contributed by atoms with Crippen LogP contribution in [0.3, 0.4) is 0 Å². The Labute approximate surface area is 124 Å². The van der Waals surface area contributed by atoms with Crippen LogP contribution in [-0.2, 0) is 6.42 Å². The van der Waals surface area contributed by atoms with E-state index in [0.717, 1.165) is 35.3 Å². The molecule has 0 saturated heterocycles. The summed E-state index contributed by atoms with van der Waals surface area (Å²) in [5, 5.41) is 3.34. The van der Waals surface area contributed by atoms with E-state index in [0.29, 0.717) is 12.0 Å². The van der Waals surface area contributed by atoms with E-state index < -0.39 is 11.6 Å². The predicted octanol–water partition coefficient (Wildman–Crippen LogP) is 4.38. The maximum atomic E-state index is 13.9. The zero-order valence-electron chi connectivity index (χ0n) is 12.9. The number of halogens is 2. The van der Waals surface area contributed by atoms with Crippen LogP contribution in [0.25, 0.3) is 0 Å². The summed E-state index contributed by atoms with van der Waals surface area (Å²) in [6, 6.07) is 4.21. The molecule has 1 atom stereocenters. The Hall–Kier alpha value is -1.68. The van der Waals surface area contributed by atoms with E-state index in [2.05, 4.69) is 5.32 Å². The summed E-state index contributed by atoms with van der Waals surface area (Å²) in [4.78, 5) is 0. The van der Waals surface area contributed by atoms with Crippen LogP contribution < -0.4 is 5.32 Å². The Morgan fingerprint density at radius 3 is 2.43 bits per heavy atom. The number of hydrogen-bond acceptors (Lipinski definition) is 2. The molecule has 1 aromatic heterocycles. The summed E-state index contributed by atoms with van der Waals surface area (Å²) in [5.41, 5.74) is 2.48. The topological polar surface area (TPSA) is 25.2 Å². The van der Waals surface area contributed by atoms with Crippen LogP contribution in [-0.4, -0.2) is 6.54 Å². The monoisotopic (exact) mass is 293 g/mol. The van der Waals surface area contributed by atoms with E-state index in [-0.39, 0.29) is 6.04 Å². The van der Waals surface area contributed by atoms with E-state index in [1.165, 1.54) is 6.07 Å². The maximum absolute atomic E-state index is 13.9. The first-order chi connectivity index (χ1) is 9.95. The summed E-state index contributed by atoms with van der Waals surface area (Å²) in [7, 11) is 0. The summed E-state index contributed by atoms with van der Waals surface area (Å²) in [6.45, 7) is 8.55. The number of benzene rings is 1. The number of aryl methyl sites for hydroxylation is 2. The third kappa shape index (κ3) is 3.16. The maximum Gasteiger partial charge on any atom is 0.162 e. The van der Waals surface area contributed by atoms with Crippen LogP contribution in [0.1, 0.15) is 41.2 Å². The van der Waals surface area contributed by atoms with Gasteiger partial charge in [-0.3, -0.25) is 0 Å². The van der Waals surface area contributed by atoms with E-state index in [9.17, 15) is 8.78 Å². The van der Waals surface area contributed by atoms with Crippen molar-refractivity contribution in [2.75, 3.05) is 6.54 Å². The zero-order chi connectivity index (χ0) is 15.6. The molecule has 0 spiro atoms. The second-order valence-corrected chi connectivity index (χ2v) is 5.28. The van der Waals surface area contributed by atoms with Gasteiger partial charge in [0.2, 0.25) is 0 Å². The molecular formula is C17H21F2NO. The lowest BCUT2D eigenvalue weighted by Crippen LogP contribution is -2.24. The number of rotatable bonds is 5. The molecule has 21 heavy (non-hydrogen) atoms. The molecule has 1 N–H and O–H groups in total. The van der Waals surface area contributed by atoms with Gasteiger partial charge in [-0.05, 0) is 50.9 Å². The normalized spacial score (nSPS) is 12.7. The van der Waals surface area contributed by atoms with Crippen molar-refractivity contribution in [3.05, 3.63) is 58.0 Å². The van der Waals surface area contributed by atoms with Crippen LogP contribution in [0.2, 0.25) is 0 Å². The van der Waals surface area contributed by atoms with E-state index in [1.54, 1.807) is 6.07 Å². The Morgan fingerprint density at radius 1 is 1.14 bits per heavy atom. The van der Waals surface area contributed by atoms with Gasteiger partial charge in [-0.15, -0.1) is 0 Å². The SMILES string of the molecule is CCNC(Cc1cccc(F)c1F)c1c(C)oc(C)c1C. The van der Waals surface area contributed by atoms with Gasteiger partial charge >= 0.3 is 0 Å². The fourth-order valence-corrected chi connectivity index (χ4v) is 2.77. The van der Waals surface area contributed by atoms with Crippen LogP contribution in [0.15, 0.2) is 22.6 Å². The Balaban J connectivity index is 2.38. The molecule has 0 fully saturated rings. The first kappa shape index (κ1) is 15.7. The van der Waals surface area contributed by atoms with E-state index in [1.807, 2.05) is 27.7 Å². The standard InChI is InChI=1S/C17H21F2NO/c1-5-20-15(16-10(2)11(3)21-12(16)4)9-13-7-6-8-14(18)17(13)19/h6-8,15,20H,5,9H2,1-4H3. The highest BCUT2D eigenvalue weighted by molar-refractivity contribution is 5.36. The lowest BCUT2D eigenvalue weighted by atomic mass is 9.95.